The van der Waals surface area contributed by atoms with Gasteiger partial charge >= 0.3 is 0 Å². The van der Waals surface area contributed by atoms with Gasteiger partial charge in [-0.05, 0) is 53.0 Å². The van der Waals surface area contributed by atoms with Crippen LogP contribution in [0.2, 0.25) is 0 Å². The van der Waals surface area contributed by atoms with Crippen LogP contribution in [0.3, 0.4) is 0 Å². The van der Waals surface area contributed by atoms with E-state index < -0.39 is 0 Å². The number of piperidine rings is 2. The molecule has 2 rings (SSSR count). The van der Waals surface area contributed by atoms with Gasteiger partial charge in [0.1, 0.15) is 0 Å². The number of nitrogens with one attached hydrogen (secondary N) is 1. The molecule has 0 aliphatic carbocycles. The normalized spacial score (nSPS) is 29.1. The van der Waals surface area contributed by atoms with Crippen LogP contribution in [0.5, 0.6) is 0 Å². The van der Waals surface area contributed by atoms with E-state index in [2.05, 4.69) is 29.0 Å². The molecule has 2 heterocycles. The first-order valence-corrected chi connectivity index (χ1v) is 7.82. The first-order valence-electron chi connectivity index (χ1n) is 7.82. The molecule has 2 aliphatic rings. The zero-order valence-electron chi connectivity index (χ0n) is 13.1. The summed E-state index contributed by atoms with van der Waals surface area (Å²) in [5, 5.41) is 3.33. The Kier molecular flexibility index (Phi) is 7.27. The molecule has 0 radical (unpaired) electrons. The number of halogens is 1. The Morgan fingerprint density at radius 3 is 2.15 bits per heavy atom. The maximum atomic E-state index is 12.5. The van der Waals surface area contributed by atoms with Gasteiger partial charge in [0.2, 0.25) is 5.91 Å². The number of hydrogen-bond donors (Lipinski definition) is 1. The van der Waals surface area contributed by atoms with Gasteiger partial charge in [-0.25, -0.2) is 0 Å². The Bertz CT molecular complexity index is 295. The van der Waals surface area contributed by atoms with E-state index in [1.165, 1.54) is 6.42 Å². The number of hydrogen-bond acceptors (Lipinski definition) is 3. The van der Waals surface area contributed by atoms with Gasteiger partial charge in [0, 0.05) is 31.2 Å². The minimum Gasteiger partial charge on any atom is -0.336 e. The van der Waals surface area contributed by atoms with Crippen molar-refractivity contribution in [3.63, 3.8) is 0 Å². The van der Waals surface area contributed by atoms with Gasteiger partial charge in [-0.2, -0.15) is 0 Å². The van der Waals surface area contributed by atoms with Crippen LogP contribution in [0.25, 0.3) is 0 Å². The largest absolute Gasteiger partial charge is 0.336 e. The second-order valence-electron chi connectivity index (χ2n) is 6.27. The number of amides is 1. The Hall–Kier alpha value is -0.320. The molecule has 0 spiro atoms. The lowest BCUT2D eigenvalue weighted by Gasteiger charge is -2.41. The van der Waals surface area contributed by atoms with Crippen LogP contribution in [-0.4, -0.2) is 60.5 Å². The van der Waals surface area contributed by atoms with Gasteiger partial charge in [0.15, 0.2) is 0 Å². The van der Waals surface area contributed by atoms with Crippen molar-refractivity contribution in [3.8, 4) is 0 Å². The highest BCUT2D eigenvalue weighted by atomic mass is 35.5. The Morgan fingerprint density at radius 2 is 1.65 bits per heavy atom. The highest BCUT2D eigenvalue weighted by Crippen LogP contribution is 2.23. The van der Waals surface area contributed by atoms with Crippen LogP contribution in [0.1, 0.15) is 46.0 Å². The average molecular weight is 304 g/mol. The third kappa shape index (κ3) is 4.34. The van der Waals surface area contributed by atoms with E-state index in [0.29, 0.717) is 30.6 Å². The minimum absolute atomic E-state index is 0. The topological polar surface area (TPSA) is 35.6 Å². The Morgan fingerprint density at radius 1 is 1.10 bits per heavy atom. The second-order valence-corrected chi connectivity index (χ2v) is 6.27. The van der Waals surface area contributed by atoms with Crippen LogP contribution < -0.4 is 5.32 Å². The van der Waals surface area contributed by atoms with E-state index >= 15 is 0 Å². The van der Waals surface area contributed by atoms with Crippen molar-refractivity contribution >= 4 is 18.3 Å². The molecule has 118 valence electrons. The predicted molar refractivity (Wildman–Crippen MR) is 85.4 cm³/mol. The summed E-state index contributed by atoms with van der Waals surface area (Å²) in [6.07, 6.45) is 5.92. The van der Waals surface area contributed by atoms with Gasteiger partial charge in [-0.3, -0.25) is 9.69 Å². The third-order valence-corrected chi connectivity index (χ3v) is 4.84. The van der Waals surface area contributed by atoms with E-state index in [4.69, 9.17) is 0 Å². The summed E-state index contributed by atoms with van der Waals surface area (Å²) in [5.41, 5.74) is 0. The summed E-state index contributed by atoms with van der Waals surface area (Å²) in [6, 6.07) is 1.48. The van der Waals surface area contributed by atoms with Crippen molar-refractivity contribution in [3.05, 3.63) is 0 Å². The van der Waals surface area contributed by atoms with Crippen molar-refractivity contribution < 1.29 is 4.79 Å². The molecule has 20 heavy (non-hydrogen) atoms. The molecule has 0 aromatic rings. The molecule has 2 unspecified atom stereocenters. The van der Waals surface area contributed by atoms with E-state index in [0.717, 1.165) is 38.8 Å². The van der Waals surface area contributed by atoms with E-state index in [9.17, 15) is 4.79 Å². The lowest BCUT2D eigenvalue weighted by molar-refractivity contribution is -0.138. The quantitative estimate of drug-likeness (QED) is 0.865. The lowest BCUT2D eigenvalue weighted by atomic mass is 9.97. The molecule has 5 heteroatoms. The third-order valence-electron chi connectivity index (χ3n) is 4.84. The molecule has 1 amide bonds. The fourth-order valence-corrected chi connectivity index (χ4v) is 3.57. The fourth-order valence-electron chi connectivity index (χ4n) is 3.57. The molecule has 2 saturated heterocycles. The summed E-state index contributed by atoms with van der Waals surface area (Å²) in [7, 11) is 2.03. The summed E-state index contributed by atoms with van der Waals surface area (Å²) in [4.78, 5) is 17.0. The molecule has 4 nitrogen and oxygen atoms in total. The van der Waals surface area contributed by atoms with Crippen LogP contribution in [0.15, 0.2) is 0 Å². The van der Waals surface area contributed by atoms with E-state index in [-0.39, 0.29) is 12.4 Å². The van der Waals surface area contributed by atoms with Crippen molar-refractivity contribution in [2.24, 2.45) is 0 Å². The zero-order chi connectivity index (χ0) is 13.8. The molecule has 0 aromatic carbocycles. The molecule has 2 aliphatic heterocycles. The molecular formula is C15H30ClN3O. The van der Waals surface area contributed by atoms with Crippen molar-refractivity contribution in [2.45, 2.75) is 64.1 Å². The maximum absolute atomic E-state index is 12.5. The molecule has 0 aromatic heterocycles. The number of carbonyl (C=O) groups is 1. The van der Waals surface area contributed by atoms with Crippen LogP contribution in [-0.2, 0) is 4.79 Å². The predicted octanol–water partition coefficient (Wildman–Crippen LogP) is 1.88. The lowest BCUT2D eigenvalue weighted by Crippen LogP contribution is -2.52. The fraction of sp³-hybridized carbons (Fsp3) is 0.933. The zero-order valence-corrected chi connectivity index (χ0v) is 13.9. The highest BCUT2D eigenvalue weighted by Gasteiger charge is 2.30. The van der Waals surface area contributed by atoms with Crippen molar-refractivity contribution in [1.82, 2.24) is 15.1 Å². The number of nitrogens with zero attached hydrogens (tertiary/aromatic N) is 2. The van der Waals surface area contributed by atoms with Crippen molar-refractivity contribution in [2.75, 3.05) is 26.7 Å². The van der Waals surface area contributed by atoms with Crippen LogP contribution in [0.4, 0.5) is 0 Å². The highest BCUT2D eigenvalue weighted by molar-refractivity contribution is 5.85. The molecule has 2 fully saturated rings. The van der Waals surface area contributed by atoms with Crippen LogP contribution in [0, 0.1) is 0 Å². The van der Waals surface area contributed by atoms with Gasteiger partial charge in [-0.1, -0.05) is 0 Å². The molecule has 0 saturated carbocycles. The Balaban J connectivity index is 0.00000200. The maximum Gasteiger partial charge on any atom is 0.237 e. The average Bonchev–Trinajstić information content (AvgIpc) is 2.39. The number of rotatable bonds is 3. The summed E-state index contributed by atoms with van der Waals surface area (Å²) >= 11 is 0. The molecule has 2 atom stereocenters. The van der Waals surface area contributed by atoms with Gasteiger partial charge in [0.25, 0.3) is 0 Å². The number of carbonyl (C=O) groups excluding carboxylic acids is 1. The van der Waals surface area contributed by atoms with Gasteiger partial charge in [0.05, 0.1) is 6.54 Å². The summed E-state index contributed by atoms with van der Waals surface area (Å²) < 4.78 is 0. The molecular weight excluding hydrogens is 274 g/mol. The number of likely N-dealkylation sites (tertiary alicyclic amines) is 2. The SMILES string of the molecule is CNC1CCN(CC(=O)N2C(C)CCCC2C)CC1.Cl. The van der Waals surface area contributed by atoms with Crippen LogP contribution >= 0.6 is 12.4 Å². The second kappa shape index (κ2) is 8.20. The van der Waals surface area contributed by atoms with E-state index in [1.807, 2.05) is 7.05 Å². The standard InChI is InChI=1S/C15H29N3O.ClH/c1-12-5-4-6-13(2)18(12)15(19)11-17-9-7-14(16-3)8-10-17;/h12-14,16H,4-11H2,1-3H3;1H. The van der Waals surface area contributed by atoms with E-state index in [1.54, 1.807) is 0 Å². The molecule has 0 bridgehead atoms. The summed E-state index contributed by atoms with van der Waals surface area (Å²) in [6.45, 7) is 7.11. The monoisotopic (exact) mass is 303 g/mol. The molecule has 1 N–H and O–H groups in total. The first-order chi connectivity index (χ1) is 9.11. The smallest absolute Gasteiger partial charge is 0.237 e. The summed E-state index contributed by atoms with van der Waals surface area (Å²) in [5.74, 6) is 0.336. The van der Waals surface area contributed by atoms with Crippen molar-refractivity contribution in [1.29, 1.82) is 0 Å². The minimum atomic E-state index is 0. The van der Waals surface area contributed by atoms with Gasteiger partial charge < -0.3 is 10.2 Å². The first kappa shape index (κ1) is 17.7. The Labute approximate surface area is 129 Å². The van der Waals surface area contributed by atoms with Gasteiger partial charge in [-0.15, -0.1) is 12.4 Å².